The minimum absolute atomic E-state index is 0.295. The van der Waals surface area contributed by atoms with Crippen LogP contribution in [0.1, 0.15) is 5.89 Å². The molecule has 0 N–H and O–H groups in total. The van der Waals surface area contributed by atoms with Gasteiger partial charge in [0.25, 0.3) is 0 Å². The van der Waals surface area contributed by atoms with Crippen molar-refractivity contribution in [1.82, 2.24) is 4.98 Å². The third-order valence-corrected chi connectivity index (χ3v) is 2.90. The van der Waals surface area contributed by atoms with Crippen molar-refractivity contribution in [3.63, 3.8) is 0 Å². The van der Waals surface area contributed by atoms with E-state index in [2.05, 4.69) is 20.9 Å². The van der Waals surface area contributed by atoms with Crippen LogP contribution in [0.5, 0.6) is 0 Å². The molecule has 0 atom stereocenters. The Balaban J connectivity index is 2.35. The summed E-state index contributed by atoms with van der Waals surface area (Å²) in [6.45, 7) is 0. The van der Waals surface area contributed by atoms with Crippen molar-refractivity contribution in [2.45, 2.75) is 6.42 Å². The van der Waals surface area contributed by atoms with Gasteiger partial charge < -0.3 is 4.42 Å². The molecule has 1 aromatic heterocycles. The number of oxazole rings is 1. The quantitative estimate of drug-likeness (QED) is 0.800. The SMILES string of the molecule is Fc1ccc(-c2cnc(CCCl)o2)c(Br)c1. The fraction of sp³-hybridized carbons (Fsp3) is 0.182. The zero-order valence-corrected chi connectivity index (χ0v) is 10.6. The van der Waals surface area contributed by atoms with Crippen molar-refractivity contribution >= 4 is 27.5 Å². The molecule has 0 unspecified atom stereocenters. The molecule has 2 rings (SSSR count). The van der Waals surface area contributed by atoms with E-state index >= 15 is 0 Å². The van der Waals surface area contributed by atoms with Gasteiger partial charge in [-0.25, -0.2) is 9.37 Å². The summed E-state index contributed by atoms with van der Waals surface area (Å²) in [5.74, 6) is 1.36. The van der Waals surface area contributed by atoms with Gasteiger partial charge >= 0.3 is 0 Å². The molecule has 0 fully saturated rings. The highest BCUT2D eigenvalue weighted by Crippen LogP contribution is 2.29. The number of rotatable bonds is 3. The summed E-state index contributed by atoms with van der Waals surface area (Å²) in [7, 11) is 0. The Bertz CT molecular complexity index is 500. The Kier molecular flexibility index (Phi) is 3.61. The summed E-state index contributed by atoms with van der Waals surface area (Å²) in [6.07, 6.45) is 2.19. The van der Waals surface area contributed by atoms with Crippen LogP contribution in [-0.4, -0.2) is 10.9 Å². The molecule has 2 aromatic rings. The van der Waals surface area contributed by atoms with Gasteiger partial charge in [-0.15, -0.1) is 11.6 Å². The standard InChI is InChI=1S/C11H8BrClFNO/c12-9-5-7(14)1-2-8(9)10-6-15-11(16-10)3-4-13/h1-2,5-6H,3-4H2. The fourth-order valence-corrected chi connectivity index (χ4v) is 2.03. The number of hydrogen-bond donors (Lipinski definition) is 0. The summed E-state index contributed by atoms with van der Waals surface area (Å²) in [5.41, 5.74) is 0.773. The number of nitrogens with zero attached hydrogens (tertiary/aromatic N) is 1. The highest BCUT2D eigenvalue weighted by atomic mass is 79.9. The summed E-state index contributed by atoms with van der Waals surface area (Å²) in [5, 5.41) is 0. The fourth-order valence-electron chi connectivity index (χ4n) is 1.32. The molecule has 0 amide bonds. The van der Waals surface area contributed by atoms with Crippen molar-refractivity contribution in [3.8, 4) is 11.3 Å². The number of alkyl halides is 1. The molecule has 0 radical (unpaired) electrons. The molecule has 16 heavy (non-hydrogen) atoms. The van der Waals surface area contributed by atoms with Gasteiger partial charge in [0, 0.05) is 22.3 Å². The Morgan fingerprint density at radius 2 is 2.25 bits per heavy atom. The van der Waals surface area contributed by atoms with Crippen LogP contribution in [0.15, 0.2) is 33.3 Å². The van der Waals surface area contributed by atoms with Crippen molar-refractivity contribution in [3.05, 3.63) is 40.6 Å². The molecule has 0 bridgehead atoms. The lowest BCUT2D eigenvalue weighted by atomic mass is 10.2. The minimum atomic E-state index is -0.295. The molecule has 1 aromatic carbocycles. The monoisotopic (exact) mass is 303 g/mol. The summed E-state index contributed by atoms with van der Waals surface area (Å²) < 4.78 is 19.0. The Morgan fingerprint density at radius 1 is 1.44 bits per heavy atom. The van der Waals surface area contributed by atoms with Gasteiger partial charge in [0.1, 0.15) is 5.82 Å². The zero-order valence-electron chi connectivity index (χ0n) is 8.21. The van der Waals surface area contributed by atoms with E-state index in [0.29, 0.717) is 28.4 Å². The largest absolute Gasteiger partial charge is 0.441 e. The van der Waals surface area contributed by atoms with Crippen LogP contribution in [0, 0.1) is 5.82 Å². The first-order valence-corrected chi connectivity index (χ1v) is 5.99. The third-order valence-electron chi connectivity index (χ3n) is 2.06. The Labute approximate surface area is 106 Å². The molecule has 0 aliphatic rings. The predicted molar refractivity (Wildman–Crippen MR) is 64.0 cm³/mol. The van der Waals surface area contributed by atoms with E-state index in [0.717, 1.165) is 5.56 Å². The average molecular weight is 305 g/mol. The molecule has 0 spiro atoms. The lowest BCUT2D eigenvalue weighted by molar-refractivity contribution is 0.514. The van der Waals surface area contributed by atoms with Crippen LogP contribution in [0.2, 0.25) is 0 Å². The van der Waals surface area contributed by atoms with Crippen LogP contribution in [0.4, 0.5) is 4.39 Å². The maximum absolute atomic E-state index is 12.9. The van der Waals surface area contributed by atoms with Crippen LogP contribution in [0.3, 0.4) is 0 Å². The molecule has 84 valence electrons. The number of aromatic nitrogens is 1. The number of benzene rings is 1. The lowest BCUT2D eigenvalue weighted by Gasteiger charge is -1.99. The summed E-state index contributed by atoms with van der Waals surface area (Å²) >= 11 is 8.86. The maximum atomic E-state index is 12.9. The average Bonchev–Trinajstić information content (AvgIpc) is 2.67. The smallest absolute Gasteiger partial charge is 0.196 e. The highest BCUT2D eigenvalue weighted by Gasteiger charge is 2.09. The predicted octanol–water partition coefficient (Wildman–Crippen LogP) is 4.02. The van der Waals surface area contributed by atoms with E-state index in [9.17, 15) is 4.39 Å². The molecule has 2 nitrogen and oxygen atoms in total. The van der Waals surface area contributed by atoms with Crippen molar-refractivity contribution in [2.24, 2.45) is 0 Å². The molecule has 1 heterocycles. The van der Waals surface area contributed by atoms with Gasteiger partial charge in [0.2, 0.25) is 0 Å². The van der Waals surface area contributed by atoms with E-state index in [1.165, 1.54) is 12.1 Å². The molecular weight excluding hydrogens is 296 g/mol. The first-order chi connectivity index (χ1) is 7.70. The second-order valence-corrected chi connectivity index (χ2v) is 4.41. The van der Waals surface area contributed by atoms with Crippen molar-refractivity contribution in [2.75, 3.05) is 5.88 Å². The molecule has 5 heteroatoms. The number of aryl methyl sites for hydroxylation is 1. The van der Waals surface area contributed by atoms with Gasteiger partial charge in [-0.1, -0.05) is 0 Å². The molecule has 0 saturated heterocycles. The van der Waals surface area contributed by atoms with Crippen molar-refractivity contribution in [1.29, 1.82) is 0 Å². The van der Waals surface area contributed by atoms with E-state index in [-0.39, 0.29) is 5.82 Å². The minimum Gasteiger partial charge on any atom is -0.441 e. The van der Waals surface area contributed by atoms with Gasteiger partial charge in [-0.3, -0.25) is 0 Å². The van der Waals surface area contributed by atoms with Crippen LogP contribution in [0.25, 0.3) is 11.3 Å². The zero-order chi connectivity index (χ0) is 11.5. The molecule has 0 aliphatic carbocycles. The molecular formula is C11H8BrClFNO. The first kappa shape index (κ1) is 11.6. The van der Waals surface area contributed by atoms with E-state index in [1.54, 1.807) is 12.3 Å². The summed E-state index contributed by atoms with van der Waals surface area (Å²) in [6, 6.07) is 4.41. The Hall–Kier alpha value is -0.870. The number of hydrogen-bond acceptors (Lipinski definition) is 2. The van der Waals surface area contributed by atoms with E-state index in [4.69, 9.17) is 16.0 Å². The highest BCUT2D eigenvalue weighted by molar-refractivity contribution is 9.10. The van der Waals surface area contributed by atoms with Crippen LogP contribution >= 0.6 is 27.5 Å². The maximum Gasteiger partial charge on any atom is 0.196 e. The second kappa shape index (κ2) is 4.97. The van der Waals surface area contributed by atoms with Gasteiger partial charge in [0.15, 0.2) is 11.7 Å². The molecule has 0 aliphatic heterocycles. The second-order valence-electron chi connectivity index (χ2n) is 3.18. The van der Waals surface area contributed by atoms with Crippen LogP contribution < -0.4 is 0 Å². The first-order valence-electron chi connectivity index (χ1n) is 4.67. The van der Waals surface area contributed by atoms with Gasteiger partial charge in [-0.2, -0.15) is 0 Å². The summed E-state index contributed by atoms with van der Waals surface area (Å²) in [4.78, 5) is 4.08. The van der Waals surface area contributed by atoms with E-state index in [1.807, 2.05) is 0 Å². The van der Waals surface area contributed by atoms with E-state index < -0.39 is 0 Å². The topological polar surface area (TPSA) is 26.0 Å². The van der Waals surface area contributed by atoms with Gasteiger partial charge in [-0.05, 0) is 34.1 Å². The van der Waals surface area contributed by atoms with Crippen molar-refractivity contribution < 1.29 is 8.81 Å². The van der Waals surface area contributed by atoms with Gasteiger partial charge in [0.05, 0.1) is 6.20 Å². The Morgan fingerprint density at radius 3 is 2.94 bits per heavy atom. The third kappa shape index (κ3) is 2.44. The normalized spacial score (nSPS) is 10.7. The van der Waals surface area contributed by atoms with Crippen LogP contribution in [-0.2, 0) is 6.42 Å². The lowest BCUT2D eigenvalue weighted by Crippen LogP contribution is -1.83. The number of halogens is 3. The molecule has 0 saturated carbocycles.